The van der Waals surface area contributed by atoms with Crippen LogP contribution in [0.3, 0.4) is 0 Å². The van der Waals surface area contributed by atoms with Crippen molar-refractivity contribution in [3.05, 3.63) is 0 Å². The monoisotopic (exact) mass is 312 g/mol. The summed E-state index contributed by atoms with van der Waals surface area (Å²) < 4.78 is 0. The van der Waals surface area contributed by atoms with Gasteiger partial charge in [0.25, 0.3) is 0 Å². The van der Waals surface area contributed by atoms with Gasteiger partial charge in [0.15, 0.2) is 0 Å². The molecule has 0 aromatic heterocycles. The fraction of sp³-hybridized carbons (Fsp3) is 0.786. The van der Waals surface area contributed by atoms with Crippen LogP contribution in [0.2, 0.25) is 0 Å². The van der Waals surface area contributed by atoms with Crippen molar-refractivity contribution in [3.8, 4) is 0 Å². The first-order chi connectivity index (χ1) is 10.1. The van der Waals surface area contributed by atoms with Gasteiger partial charge in [0.05, 0.1) is 11.8 Å². The first kappa shape index (κ1) is 14.7. The van der Waals surface area contributed by atoms with Crippen LogP contribution in [0.15, 0.2) is 0 Å². The fourth-order valence-electron chi connectivity index (χ4n) is 3.56. The molecular formula is C14H20N2O4S. The SMILES string of the molecule is O=C(O)[C@@H]1CSCN1C(=O)C1CC(=O)N(C2CCCC2)C1. The lowest BCUT2D eigenvalue weighted by Gasteiger charge is -2.26. The van der Waals surface area contributed by atoms with Crippen LogP contribution in [0, 0.1) is 5.92 Å². The maximum Gasteiger partial charge on any atom is 0.327 e. The van der Waals surface area contributed by atoms with E-state index in [0.29, 0.717) is 24.2 Å². The molecule has 1 unspecified atom stereocenters. The van der Waals surface area contributed by atoms with Crippen LogP contribution >= 0.6 is 11.8 Å². The van der Waals surface area contributed by atoms with Gasteiger partial charge in [0, 0.05) is 24.8 Å². The first-order valence-electron chi connectivity index (χ1n) is 7.48. The third kappa shape index (κ3) is 2.75. The third-order valence-corrected chi connectivity index (χ3v) is 5.74. The molecule has 0 aromatic carbocycles. The molecule has 0 bridgehead atoms. The number of aliphatic carboxylic acids is 1. The minimum absolute atomic E-state index is 0.0546. The van der Waals surface area contributed by atoms with Crippen molar-refractivity contribution in [2.45, 2.75) is 44.2 Å². The second kappa shape index (κ2) is 5.87. The Kier molecular flexibility index (Phi) is 4.10. The second-order valence-electron chi connectivity index (χ2n) is 6.05. The minimum atomic E-state index is -0.953. The van der Waals surface area contributed by atoms with Crippen molar-refractivity contribution in [1.82, 2.24) is 9.80 Å². The zero-order valence-corrected chi connectivity index (χ0v) is 12.7. The van der Waals surface area contributed by atoms with Crippen molar-refractivity contribution >= 4 is 29.5 Å². The predicted octanol–water partition coefficient (Wildman–Crippen LogP) is 0.764. The van der Waals surface area contributed by atoms with Crippen LogP contribution < -0.4 is 0 Å². The number of likely N-dealkylation sites (tertiary alicyclic amines) is 1. The topological polar surface area (TPSA) is 77.9 Å². The van der Waals surface area contributed by atoms with Gasteiger partial charge in [-0.2, -0.15) is 0 Å². The molecule has 116 valence electrons. The van der Waals surface area contributed by atoms with E-state index < -0.39 is 12.0 Å². The smallest absolute Gasteiger partial charge is 0.327 e. The highest BCUT2D eigenvalue weighted by atomic mass is 32.2. The molecule has 0 aromatic rings. The van der Waals surface area contributed by atoms with Gasteiger partial charge >= 0.3 is 5.97 Å². The number of nitrogens with zero attached hydrogens (tertiary/aromatic N) is 2. The van der Waals surface area contributed by atoms with E-state index in [9.17, 15) is 14.4 Å². The van der Waals surface area contributed by atoms with E-state index in [-0.39, 0.29) is 24.2 Å². The number of rotatable bonds is 3. The molecule has 21 heavy (non-hydrogen) atoms. The van der Waals surface area contributed by atoms with Crippen LogP contribution in [-0.2, 0) is 14.4 Å². The van der Waals surface area contributed by atoms with E-state index in [1.807, 2.05) is 4.90 Å². The number of carboxylic acid groups (broad SMARTS) is 1. The first-order valence-corrected chi connectivity index (χ1v) is 8.64. The lowest BCUT2D eigenvalue weighted by molar-refractivity contribution is -0.149. The minimum Gasteiger partial charge on any atom is -0.480 e. The Bertz CT molecular complexity index is 464. The summed E-state index contributed by atoms with van der Waals surface area (Å²) in [4.78, 5) is 39.2. The summed E-state index contributed by atoms with van der Waals surface area (Å²) in [6.45, 7) is 0.468. The molecule has 2 aliphatic heterocycles. The summed E-state index contributed by atoms with van der Waals surface area (Å²) in [6, 6.07) is -0.448. The molecule has 2 amide bonds. The highest BCUT2D eigenvalue weighted by Gasteiger charge is 2.43. The van der Waals surface area contributed by atoms with Crippen LogP contribution in [0.25, 0.3) is 0 Å². The number of carbonyl (C=O) groups excluding carboxylic acids is 2. The number of carbonyl (C=O) groups is 3. The molecule has 2 atom stereocenters. The zero-order valence-electron chi connectivity index (χ0n) is 11.9. The van der Waals surface area contributed by atoms with Crippen LogP contribution in [-0.4, -0.2) is 62.9 Å². The van der Waals surface area contributed by atoms with E-state index in [1.165, 1.54) is 16.7 Å². The van der Waals surface area contributed by atoms with Gasteiger partial charge < -0.3 is 14.9 Å². The quantitative estimate of drug-likeness (QED) is 0.832. The van der Waals surface area contributed by atoms with Gasteiger partial charge in [-0.3, -0.25) is 9.59 Å². The Morgan fingerprint density at radius 2 is 1.95 bits per heavy atom. The summed E-state index contributed by atoms with van der Waals surface area (Å²) in [5.41, 5.74) is 0. The van der Waals surface area contributed by atoms with Gasteiger partial charge in [0.2, 0.25) is 11.8 Å². The van der Waals surface area contributed by atoms with Gasteiger partial charge in [-0.05, 0) is 12.8 Å². The van der Waals surface area contributed by atoms with Crippen molar-refractivity contribution in [2.75, 3.05) is 18.2 Å². The predicted molar refractivity (Wildman–Crippen MR) is 77.7 cm³/mol. The van der Waals surface area contributed by atoms with Crippen molar-refractivity contribution in [1.29, 1.82) is 0 Å². The van der Waals surface area contributed by atoms with Gasteiger partial charge in [-0.1, -0.05) is 12.8 Å². The summed E-state index contributed by atoms with van der Waals surface area (Å²) in [5.74, 6) is -0.568. The van der Waals surface area contributed by atoms with E-state index in [0.717, 1.165) is 25.7 Å². The molecule has 7 heteroatoms. The lowest BCUT2D eigenvalue weighted by Crippen LogP contribution is -2.45. The molecule has 1 saturated carbocycles. The Morgan fingerprint density at radius 3 is 2.62 bits per heavy atom. The van der Waals surface area contributed by atoms with Crippen LogP contribution in [0.1, 0.15) is 32.1 Å². The van der Waals surface area contributed by atoms with Gasteiger partial charge in [-0.25, -0.2) is 4.79 Å². The summed E-state index contributed by atoms with van der Waals surface area (Å²) >= 11 is 1.46. The Hall–Kier alpha value is -1.24. The normalized spacial score (nSPS) is 30.4. The Balaban J connectivity index is 1.66. The maximum absolute atomic E-state index is 12.5. The molecule has 1 N–H and O–H groups in total. The number of thioether (sulfide) groups is 1. The van der Waals surface area contributed by atoms with Crippen molar-refractivity contribution < 1.29 is 19.5 Å². The molecule has 3 fully saturated rings. The molecular weight excluding hydrogens is 292 g/mol. The van der Waals surface area contributed by atoms with Crippen molar-refractivity contribution in [3.63, 3.8) is 0 Å². The second-order valence-corrected chi connectivity index (χ2v) is 7.05. The molecule has 3 rings (SSSR count). The number of amides is 2. The summed E-state index contributed by atoms with van der Waals surface area (Å²) in [7, 11) is 0. The lowest BCUT2D eigenvalue weighted by atomic mass is 10.1. The summed E-state index contributed by atoms with van der Waals surface area (Å²) in [6.07, 6.45) is 4.60. The molecule has 6 nitrogen and oxygen atoms in total. The number of carboxylic acids is 1. The molecule has 2 heterocycles. The van der Waals surface area contributed by atoms with Crippen LogP contribution in [0.5, 0.6) is 0 Å². The van der Waals surface area contributed by atoms with Crippen LogP contribution in [0.4, 0.5) is 0 Å². The van der Waals surface area contributed by atoms with E-state index in [2.05, 4.69) is 0 Å². The maximum atomic E-state index is 12.5. The number of hydrogen-bond donors (Lipinski definition) is 1. The average Bonchev–Trinajstić information content (AvgIpc) is 3.17. The van der Waals surface area contributed by atoms with Crippen molar-refractivity contribution in [2.24, 2.45) is 5.92 Å². The highest BCUT2D eigenvalue weighted by Crippen LogP contribution is 2.32. The average molecular weight is 312 g/mol. The third-order valence-electron chi connectivity index (χ3n) is 4.72. The molecule has 0 spiro atoms. The standard InChI is InChI=1S/C14H20N2O4S/c17-12-5-9(6-15(12)10-3-1-2-4-10)13(18)16-8-21-7-11(16)14(19)20/h9-11H,1-8H2,(H,19,20)/t9?,11-/m0/s1. The largest absolute Gasteiger partial charge is 0.480 e. The summed E-state index contributed by atoms with van der Waals surface area (Å²) in [5, 5.41) is 9.17. The Labute approximate surface area is 127 Å². The van der Waals surface area contributed by atoms with E-state index in [4.69, 9.17) is 5.11 Å². The molecule has 2 saturated heterocycles. The van der Waals surface area contributed by atoms with Gasteiger partial charge in [0.1, 0.15) is 6.04 Å². The highest BCUT2D eigenvalue weighted by molar-refractivity contribution is 7.99. The van der Waals surface area contributed by atoms with E-state index >= 15 is 0 Å². The molecule has 3 aliphatic rings. The molecule has 0 radical (unpaired) electrons. The van der Waals surface area contributed by atoms with Gasteiger partial charge in [-0.15, -0.1) is 11.8 Å². The van der Waals surface area contributed by atoms with E-state index in [1.54, 1.807) is 0 Å². The molecule has 1 aliphatic carbocycles. The number of hydrogen-bond acceptors (Lipinski definition) is 4. The zero-order chi connectivity index (χ0) is 15.0. The fourth-order valence-corrected chi connectivity index (χ4v) is 4.72. The Morgan fingerprint density at radius 1 is 1.24 bits per heavy atom.